The minimum atomic E-state index is -0.572. The monoisotopic (exact) mass is 225 g/mol. The number of carbonyl (C=O) groups is 1. The summed E-state index contributed by atoms with van der Waals surface area (Å²) in [5.74, 6) is 0. The highest BCUT2D eigenvalue weighted by Crippen LogP contribution is 2.04. The number of nitrogens with zero attached hydrogens (tertiary/aromatic N) is 1. The van der Waals surface area contributed by atoms with Crippen molar-refractivity contribution in [2.75, 3.05) is 13.7 Å². The molecule has 0 aliphatic rings. The van der Waals surface area contributed by atoms with Gasteiger partial charge in [0.2, 0.25) is 0 Å². The lowest BCUT2D eigenvalue weighted by atomic mass is 10.2. The Balaban J connectivity index is 2.41. The average Bonchev–Trinajstić information content (AvgIpc) is 2.35. The molecule has 16 heavy (non-hydrogen) atoms. The molecule has 0 saturated heterocycles. The van der Waals surface area contributed by atoms with E-state index in [0.717, 1.165) is 5.56 Å². The minimum absolute atomic E-state index is 0.211. The molecule has 0 bridgehead atoms. The number of rotatable bonds is 4. The van der Waals surface area contributed by atoms with Crippen molar-refractivity contribution in [3.63, 3.8) is 0 Å². The van der Waals surface area contributed by atoms with Crippen molar-refractivity contribution in [2.24, 2.45) is 0 Å². The van der Waals surface area contributed by atoms with Crippen molar-refractivity contribution in [3.8, 4) is 0 Å². The van der Waals surface area contributed by atoms with Gasteiger partial charge in [0.25, 0.3) is 0 Å². The summed E-state index contributed by atoms with van der Waals surface area (Å²) < 4.78 is 17.3. The van der Waals surface area contributed by atoms with Crippen molar-refractivity contribution in [1.82, 2.24) is 4.90 Å². The Hall–Kier alpha value is -1.58. The predicted octanol–water partition coefficient (Wildman–Crippen LogP) is 2.61. The molecule has 0 aliphatic carbocycles. The van der Waals surface area contributed by atoms with Gasteiger partial charge in [0, 0.05) is 7.05 Å². The molecule has 1 aromatic rings. The van der Waals surface area contributed by atoms with Gasteiger partial charge in [0.1, 0.15) is 13.3 Å². The molecule has 3 nitrogen and oxygen atoms in total. The number of benzene rings is 1. The van der Waals surface area contributed by atoms with Crippen LogP contribution in [0.2, 0.25) is 0 Å². The van der Waals surface area contributed by atoms with Crippen LogP contribution in [-0.4, -0.2) is 30.8 Å². The Kier molecular flexibility index (Phi) is 4.76. The zero-order valence-electron chi connectivity index (χ0n) is 9.52. The highest BCUT2D eigenvalue weighted by molar-refractivity contribution is 5.67. The normalized spacial score (nSPS) is 11.9. The first-order valence-electron chi connectivity index (χ1n) is 5.14. The molecule has 0 saturated carbocycles. The molecule has 0 aromatic heterocycles. The van der Waals surface area contributed by atoms with Gasteiger partial charge < -0.3 is 9.64 Å². The third-order valence-corrected chi connectivity index (χ3v) is 2.38. The number of hydrogen-bond acceptors (Lipinski definition) is 2. The molecule has 0 aliphatic heterocycles. The summed E-state index contributed by atoms with van der Waals surface area (Å²) in [6, 6.07) is 8.91. The molecule has 1 rings (SSSR count). The van der Waals surface area contributed by atoms with E-state index < -0.39 is 18.8 Å². The van der Waals surface area contributed by atoms with Crippen LogP contribution in [0.1, 0.15) is 12.5 Å². The van der Waals surface area contributed by atoms with Crippen LogP contribution in [0.4, 0.5) is 9.18 Å². The van der Waals surface area contributed by atoms with Gasteiger partial charge in [-0.15, -0.1) is 0 Å². The molecule has 4 heteroatoms. The summed E-state index contributed by atoms with van der Waals surface area (Å²) in [5, 5.41) is 0. The lowest BCUT2D eigenvalue weighted by molar-refractivity contribution is 0.0889. The van der Waals surface area contributed by atoms with Crippen LogP contribution < -0.4 is 0 Å². The van der Waals surface area contributed by atoms with Crippen LogP contribution >= 0.6 is 0 Å². The van der Waals surface area contributed by atoms with Crippen LogP contribution in [0.3, 0.4) is 0 Å². The molecule has 1 amide bonds. The fourth-order valence-electron chi connectivity index (χ4n) is 1.10. The SMILES string of the molecule is CC(CF)N(C)C(=O)OCc1ccccc1. The molecular weight excluding hydrogens is 209 g/mol. The van der Waals surface area contributed by atoms with Gasteiger partial charge in [0.15, 0.2) is 0 Å². The molecule has 0 N–H and O–H groups in total. The minimum Gasteiger partial charge on any atom is -0.445 e. The molecular formula is C12H16FNO2. The first-order chi connectivity index (χ1) is 7.65. The van der Waals surface area contributed by atoms with Gasteiger partial charge in [0.05, 0.1) is 6.04 Å². The van der Waals surface area contributed by atoms with Crippen molar-refractivity contribution >= 4 is 6.09 Å². The molecule has 0 fully saturated rings. The van der Waals surface area contributed by atoms with E-state index in [1.807, 2.05) is 30.3 Å². The molecule has 0 heterocycles. The van der Waals surface area contributed by atoms with E-state index in [4.69, 9.17) is 4.74 Å². The van der Waals surface area contributed by atoms with E-state index >= 15 is 0 Å². The third kappa shape index (κ3) is 3.53. The second kappa shape index (κ2) is 6.10. The fourth-order valence-corrected chi connectivity index (χ4v) is 1.10. The molecule has 1 aromatic carbocycles. The quantitative estimate of drug-likeness (QED) is 0.788. The summed E-state index contributed by atoms with van der Waals surface area (Å²) in [7, 11) is 1.53. The van der Waals surface area contributed by atoms with Gasteiger partial charge in [-0.2, -0.15) is 0 Å². The maximum absolute atomic E-state index is 12.3. The summed E-state index contributed by atoms with van der Waals surface area (Å²) >= 11 is 0. The Bertz CT molecular complexity index is 329. The maximum atomic E-state index is 12.3. The zero-order chi connectivity index (χ0) is 12.0. The summed E-state index contributed by atoms with van der Waals surface area (Å²) in [4.78, 5) is 12.7. The topological polar surface area (TPSA) is 29.5 Å². The smallest absolute Gasteiger partial charge is 0.410 e. The second-order valence-electron chi connectivity index (χ2n) is 3.65. The van der Waals surface area contributed by atoms with Gasteiger partial charge in [-0.3, -0.25) is 0 Å². The van der Waals surface area contributed by atoms with Crippen LogP contribution in [-0.2, 0) is 11.3 Å². The van der Waals surface area contributed by atoms with E-state index in [-0.39, 0.29) is 6.61 Å². The Morgan fingerprint density at radius 2 is 2.06 bits per heavy atom. The molecule has 0 radical (unpaired) electrons. The number of amides is 1. The first kappa shape index (κ1) is 12.5. The van der Waals surface area contributed by atoms with Gasteiger partial charge >= 0.3 is 6.09 Å². The maximum Gasteiger partial charge on any atom is 0.410 e. The Labute approximate surface area is 94.8 Å². The third-order valence-electron chi connectivity index (χ3n) is 2.38. The molecule has 0 spiro atoms. The average molecular weight is 225 g/mol. The molecule has 1 atom stereocenters. The number of hydrogen-bond donors (Lipinski definition) is 0. The van der Waals surface area contributed by atoms with Crippen LogP contribution in [0.15, 0.2) is 30.3 Å². The van der Waals surface area contributed by atoms with E-state index in [1.165, 1.54) is 11.9 Å². The van der Waals surface area contributed by atoms with E-state index in [1.54, 1.807) is 6.92 Å². The predicted molar refractivity (Wildman–Crippen MR) is 59.8 cm³/mol. The zero-order valence-corrected chi connectivity index (χ0v) is 9.52. The second-order valence-corrected chi connectivity index (χ2v) is 3.65. The lowest BCUT2D eigenvalue weighted by Gasteiger charge is -2.21. The van der Waals surface area contributed by atoms with E-state index in [2.05, 4.69) is 0 Å². The van der Waals surface area contributed by atoms with Crippen molar-refractivity contribution < 1.29 is 13.9 Å². The Morgan fingerprint density at radius 3 is 2.62 bits per heavy atom. The van der Waals surface area contributed by atoms with Crippen LogP contribution in [0.5, 0.6) is 0 Å². The highest BCUT2D eigenvalue weighted by atomic mass is 19.1. The van der Waals surface area contributed by atoms with Gasteiger partial charge in [-0.1, -0.05) is 30.3 Å². The number of carbonyl (C=O) groups excluding carboxylic acids is 1. The largest absolute Gasteiger partial charge is 0.445 e. The summed E-state index contributed by atoms with van der Waals surface area (Å²) in [5.41, 5.74) is 0.914. The number of alkyl halides is 1. The summed E-state index contributed by atoms with van der Waals surface area (Å²) in [6.45, 7) is 1.27. The first-order valence-corrected chi connectivity index (χ1v) is 5.14. The van der Waals surface area contributed by atoms with Crippen LogP contribution in [0.25, 0.3) is 0 Å². The lowest BCUT2D eigenvalue weighted by Crippen LogP contribution is -2.36. The van der Waals surface area contributed by atoms with Crippen molar-refractivity contribution in [2.45, 2.75) is 19.6 Å². The molecule has 88 valence electrons. The highest BCUT2D eigenvalue weighted by Gasteiger charge is 2.16. The standard InChI is InChI=1S/C12H16FNO2/c1-10(8-13)14(2)12(15)16-9-11-6-4-3-5-7-11/h3-7,10H,8-9H2,1-2H3. The van der Waals surface area contributed by atoms with Crippen molar-refractivity contribution in [3.05, 3.63) is 35.9 Å². The van der Waals surface area contributed by atoms with Gasteiger partial charge in [-0.05, 0) is 12.5 Å². The fraction of sp³-hybridized carbons (Fsp3) is 0.417. The molecule has 1 unspecified atom stereocenters. The summed E-state index contributed by atoms with van der Waals surface area (Å²) in [6.07, 6.45) is -0.506. The number of halogens is 1. The van der Waals surface area contributed by atoms with E-state index in [9.17, 15) is 9.18 Å². The Morgan fingerprint density at radius 1 is 1.44 bits per heavy atom. The van der Waals surface area contributed by atoms with Crippen molar-refractivity contribution in [1.29, 1.82) is 0 Å². The van der Waals surface area contributed by atoms with E-state index in [0.29, 0.717) is 0 Å². The number of ether oxygens (including phenoxy) is 1. The van der Waals surface area contributed by atoms with Crippen LogP contribution in [0, 0.1) is 0 Å². The van der Waals surface area contributed by atoms with Gasteiger partial charge in [-0.25, -0.2) is 9.18 Å².